The zero-order valence-electron chi connectivity index (χ0n) is 16.8. The van der Waals surface area contributed by atoms with Crippen molar-refractivity contribution in [1.82, 2.24) is 0 Å². The van der Waals surface area contributed by atoms with Gasteiger partial charge in [0.1, 0.15) is 29.8 Å². The van der Waals surface area contributed by atoms with Gasteiger partial charge in [0, 0.05) is 5.92 Å². The highest BCUT2D eigenvalue weighted by molar-refractivity contribution is 5.85. The normalized spacial score (nSPS) is 25.0. The van der Waals surface area contributed by atoms with Crippen LogP contribution < -0.4 is 10.5 Å². The zero-order chi connectivity index (χ0) is 20.1. The van der Waals surface area contributed by atoms with Gasteiger partial charge >= 0.3 is 5.97 Å². The highest BCUT2D eigenvalue weighted by Gasteiger charge is 2.34. The molecule has 0 bridgehead atoms. The van der Waals surface area contributed by atoms with E-state index in [1.807, 2.05) is 38.1 Å². The number of benzene rings is 2. The summed E-state index contributed by atoms with van der Waals surface area (Å²) in [6.07, 6.45) is 2.25. The Bertz CT molecular complexity index is 782. The summed E-state index contributed by atoms with van der Waals surface area (Å²) in [5.74, 6) is 0.0894. The summed E-state index contributed by atoms with van der Waals surface area (Å²) in [4.78, 5) is 12.2. The van der Waals surface area contributed by atoms with Gasteiger partial charge in [0.15, 0.2) is 0 Å². The topological polar surface area (TPSA) is 61.5 Å². The van der Waals surface area contributed by atoms with Crippen LogP contribution >= 0.6 is 12.4 Å². The fourth-order valence-corrected chi connectivity index (χ4v) is 3.66. The van der Waals surface area contributed by atoms with Gasteiger partial charge in [0.05, 0.1) is 0 Å². The van der Waals surface area contributed by atoms with Gasteiger partial charge in [-0.3, -0.25) is 4.79 Å². The van der Waals surface area contributed by atoms with Gasteiger partial charge in [0.2, 0.25) is 0 Å². The molecular weight excluding hydrogens is 393 g/mol. The van der Waals surface area contributed by atoms with E-state index in [9.17, 15) is 9.18 Å². The number of halogens is 2. The lowest BCUT2D eigenvalue weighted by Crippen LogP contribution is -2.40. The number of cyclic esters (lactones) is 1. The van der Waals surface area contributed by atoms with Crippen LogP contribution in [-0.4, -0.2) is 24.2 Å². The Morgan fingerprint density at radius 2 is 1.76 bits per heavy atom. The van der Waals surface area contributed by atoms with E-state index >= 15 is 0 Å². The standard InChI is InChI=1S/C23H28FNO3.ClH/c1-15-6-12-19(13-7-15)28-22-5-3-4-21(25)23(26)27-16(2)20(22)14-17-8-10-18(24)11-9-17;/h6-13,16,20-22H,3-5,14,25H2,1-2H3;1H/t16-,20-,21-,22-;/m0./s1. The number of hydrogen-bond donors (Lipinski definition) is 1. The molecule has 1 saturated heterocycles. The molecule has 0 unspecified atom stereocenters. The van der Waals surface area contributed by atoms with Crippen LogP contribution in [0.5, 0.6) is 5.75 Å². The minimum absolute atomic E-state index is 0. The average molecular weight is 422 g/mol. The Morgan fingerprint density at radius 3 is 2.41 bits per heavy atom. The molecule has 3 rings (SSSR count). The van der Waals surface area contributed by atoms with Crippen molar-refractivity contribution in [3.8, 4) is 5.75 Å². The van der Waals surface area contributed by atoms with Crippen LogP contribution in [0.2, 0.25) is 0 Å². The summed E-state index contributed by atoms with van der Waals surface area (Å²) < 4.78 is 25.3. The van der Waals surface area contributed by atoms with Gasteiger partial charge in [-0.2, -0.15) is 0 Å². The van der Waals surface area contributed by atoms with Crippen molar-refractivity contribution in [2.45, 2.75) is 57.8 Å². The minimum atomic E-state index is -0.605. The van der Waals surface area contributed by atoms with Crippen molar-refractivity contribution in [3.05, 3.63) is 65.5 Å². The fraction of sp³-hybridized carbons (Fsp3) is 0.435. The molecule has 1 heterocycles. The summed E-state index contributed by atoms with van der Waals surface area (Å²) in [7, 11) is 0. The first-order chi connectivity index (χ1) is 13.4. The van der Waals surface area contributed by atoms with Crippen molar-refractivity contribution in [2.24, 2.45) is 11.7 Å². The van der Waals surface area contributed by atoms with Gasteiger partial charge in [-0.05, 0) is 69.4 Å². The number of esters is 1. The molecule has 6 heteroatoms. The Balaban J connectivity index is 0.00000300. The maximum atomic E-state index is 13.3. The maximum absolute atomic E-state index is 13.3. The second-order valence-corrected chi connectivity index (χ2v) is 7.64. The molecular formula is C23H29ClFNO3. The molecule has 4 nitrogen and oxygen atoms in total. The van der Waals surface area contributed by atoms with Gasteiger partial charge in [-0.1, -0.05) is 29.8 Å². The predicted octanol–water partition coefficient (Wildman–Crippen LogP) is 4.61. The van der Waals surface area contributed by atoms with Gasteiger partial charge in [-0.15, -0.1) is 12.4 Å². The zero-order valence-corrected chi connectivity index (χ0v) is 17.7. The smallest absolute Gasteiger partial charge is 0.323 e. The Hall–Kier alpha value is -2.11. The third kappa shape index (κ3) is 6.44. The molecule has 1 aliphatic heterocycles. The number of ether oxygens (including phenoxy) is 2. The number of carbonyl (C=O) groups excluding carboxylic acids is 1. The molecule has 29 heavy (non-hydrogen) atoms. The highest BCUT2D eigenvalue weighted by atomic mass is 35.5. The molecule has 158 valence electrons. The van der Waals surface area contributed by atoms with Crippen molar-refractivity contribution in [2.75, 3.05) is 0 Å². The molecule has 0 amide bonds. The SMILES string of the molecule is Cc1ccc(O[C@H]2CCC[C@H](N)C(=O)O[C@@H](C)[C@@H]2Cc2ccc(F)cc2)cc1.Cl. The quantitative estimate of drug-likeness (QED) is 0.732. The number of carbonyl (C=O) groups is 1. The molecule has 2 N–H and O–H groups in total. The van der Waals surface area contributed by atoms with Crippen LogP contribution in [0.3, 0.4) is 0 Å². The Labute approximate surface area is 178 Å². The molecule has 1 fully saturated rings. The van der Waals surface area contributed by atoms with Crippen LogP contribution in [0, 0.1) is 18.7 Å². The van der Waals surface area contributed by atoms with E-state index in [0.717, 1.165) is 29.7 Å². The van der Waals surface area contributed by atoms with Gasteiger partial charge in [0.25, 0.3) is 0 Å². The van der Waals surface area contributed by atoms with Crippen LogP contribution in [0.1, 0.15) is 37.3 Å². The molecule has 0 spiro atoms. The summed E-state index contributed by atoms with van der Waals surface area (Å²) in [6.45, 7) is 3.92. The van der Waals surface area contributed by atoms with Crippen LogP contribution in [-0.2, 0) is 16.0 Å². The molecule has 0 saturated carbocycles. The number of aryl methyl sites for hydroxylation is 1. The first kappa shape index (κ1) is 23.2. The molecule has 2 aromatic rings. The number of nitrogens with two attached hydrogens (primary N) is 1. The molecule has 1 aliphatic rings. The summed E-state index contributed by atoms with van der Waals surface area (Å²) in [6, 6.07) is 13.8. The predicted molar refractivity (Wildman–Crippen MR) is 114 cm³/mol. The Kier molecular flexibility index (Phi) is 8.47. The molecule has 0 aromatic heterocycles. The Morgan fingerprint density at radius 1 is 1.10 bits per heavy atom. The van der Waals surface area contributed by atoms with Gasteiger partial charge < -0.3 is 15.2 Å². The van der Waals surface area contributed by atoms with Crippen molar-refractivity contribution in [3.63, 3.8) is 0 Å². The fourth-order valence-electron chi connectivity index (χ4n) is 3.66. The molecule has 0 radical (unpaired) electrons. The van der Waals surface area contributed by atoms with Crippen LogP contribution in [0.4, 0.5) is 4.39 Å². The van der Waals surface area contributed by atoms with E-state index in [4.69, 9.17) is 15.2 Å². The molecule has 2 aromatic carbocycles. The van der Waals surface area contributed by atoms with Gasteiger partial charge in [-0.25, -0.2) is 4.39 Å². The second kappa shape index (κ2) is 10.6. The average Bonchev–Trinajstić information content (AvgIpc) is 2.71. The first-order valence-electron chi connectivity index (χ1n) is 9.86. The lowest BCUT2D eigenvalue weighted by molar-refractivity contribution is -0.153. The second-order valence-electron chi connectivity index (χ2n) is 7.64. The van der Waals surface area contributed by atoms with Crippen molar-refractivity contribution >= 4 is 18.4 Å². The summed E-state index contributed by atoms with van der Waals surface area (Å²) in [5.41, 5.74) is 8.10. The van der Waals surface area contributed by atoms with Crippen LogP contribution in [0.25, 0.3) is 0 Å². The minimum Gasteiger partial charge on any atom is -0.490 e. The van der Waals surface area contributed by atoms with E-state index in [-0.39, 0.29) is 42.3 Å². The van der Waals surface area contributed by atoms with E-state index in [0.29, 0.717) is 12.8 Å². The third-order valence-corrected chi connectivity index (χ3v) is 5.38. The van der Waals surface area contributed by atoms with E-state index in [2.05, 4.69) is 0 Å². The third-order valence-electron chi connectivity index (χ3n) is 5.38. The lowest BCUT2D eigenvalue weighted by Gasteiger charge is -2.31. The number of hydrogen-bond acceptors (Lipinski definition) is 4. The van der Waals surface area contributed by atoms with E-state index in [1.54, 1.807) is 12.1 Å². The molecule has 4 atom stereocenters. The van der Waals surface area contributed by atoms with Crippen molar-refractivity contribution in [1.29, 1.82) is 0 Å². The maximum Gasteiger partial charge on any atom is 0.323 e. The largest absolute Gasteiger partial charge is 0.490 e. The monoisotopic (exact) mass is 421 g/mol. The van der Waals surface area contributed by atoms with Crippen LogP contribution in [0.15, 0.2) is 48.5 Å². The van der Waals surface area contributed by atoms with E-state index < -0.39 is 6.04 Å². The first-order valence-corrected chi connectivity index (χ1v) is 9.86. The van der Waals surface area contributed by atoms with E-state index in [1.165, 1.54) is 12.1 Å². The number of rotatable bonds is 4. The molecule has 0 aliphatic carbocycles. The summed E-state index contributed by atoms with van der Waals surface area (Å²) >= 11 is 0. The summed E-state index contributed by atoms with van der Waals surface area (Å²) in [5, 5.41) is 0. The lowest BCUT2D eigenvalue weighted by atomic mass is 9.87. The van der Waals surface area contributed by atoms with Crippen molar-refractivity contribution < 1.29 is 18.7 Å². The highest BCUT2D eigenvalue weighted by Crippen LogP contribution is 2.29.